The van der Waals surface area contributed by atoms with E-state index in [4.69, 9.17) is 16.3 Å². The summed E-state index contributed by atoms with van der Waals surface area (Å²) in [7, 11) is 0. The molecular formula is C17H15ClF2N2O3. The van der Waals surface area contributed by atoms with Gasteiger partial charge in [-0.2, -0.15) is 0 Å². The van der Waals surface area contributed by atoms with Crippen molar-refractivity contribution >= 4 is 29.8 Å². The second-order valence-electron chi connectivity index (χ2n) is 6.11. The summed E-state index contributed by atoms with van der Waals surface area (Å²) in [5, 5.41) is 1.95. The lowest BCUT2D eigenvalue weighted by atomic mass is 10.0. The number of hydrogen-bond donors (Lipinski definition) is 1. The van der Waals surface area contributed by atoms with Crippen LogP contribution in [-0.2, 0) is 4.74 Å². The van der Waals surface area contributed by atoms with E-state index in [1.54, 1.807) is 20.8 Å². The number of aromatic nitrogens is 1. The maximum Gasteiger partial charge on any atom is 0.413 e. The molecule has 0 unspecified atom stereocenters. The maximum atomic E-state index is 14.1. The molecule has 1 aromatic heterocycles. The van der Waals surface area contributed by atoms with Crippen LogP contribution in [0.15, 0.2) is 24.4 Å². The van der Waals surface area contributed by atoms with Gasteiger partial charge in [-0.15, -0.1) is 0 Å². The summed E-state index contributed by atoms with van der Waals surface area (Å²) in [5.74, 6) is -1.78. The molecule has 5 nitrogen and oxygen atoms in total. The van der Waals surface area contributed by atoms with E-state index in [1.165, 1.54) is 12.3 Å². The number of rotatable bonds is 3. The van der Waals surface area contributed by atoms with Crippen LogP contribution >= 0.6 is 11.6 Å². The summed E-state index contributed by atoms with van der Waals surface area (Å²) >= 11 is 5.54. The molecule has 0 saturated heterocycles. The van der Waals surface area contributed by atoms with Crippen molar-refractivity contribution in [3.05, 3.63) is 46.6 Å². The van der Waals surface area contributed by atoms with Gasteiger partial charge < -0.3 is 4.74 Å². The van der Waals surface area contributed by atoms with Gasteiger partial charge in [-0.3, -0.25) is 10.1 Å². The summed E-state index contributed by atoms with van der Waals surface area (Å²) in [4.78, 5) is 27.2. The molecule has 1 amide bonds. The van der Waals surface area contributed by atoms with Crippen LogP contribution in [0.4, 0.5) is 19.4 Å². The molecule has 0 saturated carbocycles. The minimum atomic E-state index is -0.839. The van der Waals surface area contributed by atoms with Crippen LogP contribution in [0, 0.1) is 11.6 Å². The van der Waals surface area contributed by atoms with Gasteiger partial charge in [-0.05, 0) is 39.0 Å². The highest BCUT2D eigenvalue weighted by atomic mass is 35.5. The first kappa shape index (κ1) is 18.8. The van der Waals surface area contributed by atoms with E-state index in [1.807, 2.05) is 0 Å². The highest BCUT2D eigenvalue weighted by Gasteiger charge is 2.20. The normalized spacial score (nSPS) is 11.1. The quantitative estimate of drug-likeness (QED) is 0.621. The Bertz CT molecular complexity index is 835. The van der Waals surface area contributed by atoms with Crippen molar-refractivity contribution < 1.29 is 23.1 Å². The Morgan fingerprint density at radius 3 is 2.52 bits per heavy atom. The average Bonchev–Trinajstić information content (AvgIpc) is 2.48. The van der Waals surface area contributed by atoms with Crippen LogP contribution < -0.4 is 5.32 Å². The first-order valence-corrected chi connectivity index (χ1v) is 7.59. The predicted octanol–water partition coefficient (Wildman–Crippen LogP) is 4.84. The van der Waals surface area contributed by atoms with E-state index >= 15 is 0 Å². The lowest BCUT2D eigenvalue weighted by Gasteiger charge is -2.20. The summed E-state index contributed by atoms with van der Waals surface area (Å²) in [6, 6.07) is 3.01. The van der Waals surface area contributed by atoms with Gasteiger partial charge in [0.25, 0.3) is 0 Å². The molecule has 0 spiro atoms. The van der Waals surface area contributed by atoms with Crippen molar-refractivity contribution in [2.24, 2.45) is 0 Å². The molecule has 8 heteroatoms. The number of pyridine rings is 1. The smallest absolute Gasteiger partial charge is 0.413 e. The highest BCUT2D eigenvalue weighted by Crippen LogP contribution is 2.31. The SMILES string of the molecule is CC(C)(C)OC(=O)Nc1nccc(-c2cc(F)c(Cl)cc2F)c1C=O. The molecule has 2 aromatic rings. The van der Waals surface area contributed by atoms with Crippen molar-refractivity contribution in [2.45, 2.75) is 26.4 Å². The number of nitrogens with one attached hydrogen (secondary N) is 1. The van der Waals surface area contributed by atoms with Crippen LogP contribution in [0.1, 0.15) is 31.1 Å². The van der Waals surface area contributed by atoms with Crippen molar-refractivity contribution in [1.29, 1.82) is 0 Å². The van der Waals surface area contributed by atoms with Gasteiger partial charge in [0.1, 0.15) is 23.1 Å². The second-order valence-corrected chi connectivity index (χ2v) is 6.52. The molecule has 0 fully saturated rings. The standard InChI is InChI=1S/C17H15ClF2N2O3/c1-17(2,3)25-16(24)22-15-11(8-23)9(4-5-21-15)10-6-14(20)12(18)7-13(10)19/h4-8H,1-3H3,(H,21,22,24). The Kier molecular flexibility index (Phi) is 5.37. The lowest BCUT2D eigenvalue weighted by Crippen LogP contribution is -2.27. The Labute approximate surface area is 148 Å². The van der Waals surface area contributed by atoms with Crippen LogP contribution in [0.25, 0.3) is 11.1 Å². The first-order chi connectivity index (χ1) is 11.6. The summed E-state index contributed by atoms with van der Waals surface area (Å²) in [5.41, 5.74) is -0.995. The van der Waals surface area contributed by atoms with E-state index in [0.29, 0.717) is 6.29 Å². The van der Waals surface area contributed by atoms with Gasteiger partial charge in [-0.1, -0.05) is 11.6 Å². The highest BCUT2D eigenvalue weighted by molar-refractivity contribution is 6.30. The number of anilines is 1. The van der Waals surface area contributed by atoms with Crippen molar-refractivity contribution in [2.75, 3.05) is 5.32 Å². The Morgan fingerprint density at radius 2 is 1.92 bits per heavy atom. The fourth-order valence-corrected chi connectivity index (χ4v) is 2.21. The third kappa shape index (κ3) is 4.51. The van der Waals surface area contributed by atoms with E-state index in [9.17, 15) is 18.4 Å². The van der Waals surface area contributed by atoms with Crippen LogP contribution in [0.2, 0.25) is 5.02 Å². The molecule has 0 aliphatic rings. The lowest BCUT2D eigenvalue weighted by molar-refractivity contribution is 0.0635. The number of halogens is 3. The van der Waals surface area contributed by atoms with E-state index in [2.05, 4.69) is 10.3 Å². The van der Waals surface area contributed by atoms with Crippen molar-refractivity contribution in [3.63, 3.8) is 0 Å². The second kappa shape index (κ2) is 7.14. The molecule has 0 aliphatic carbocycles. The number of amides is 1. The topological polar surface area (TPSA) is 68.3 Å². The number of carbonyl (C=O) groups excluding carboxylic acids is 2. The van der Waals surface area contributed by atoms with Crippen molar-refractivity contribution in [3.8, 4) is 11.1 Å². The van der Waals surface area contributed by atoms with E-state index < -0.39 is 23.3 Å². The van der Waals surface area contributed by atoms with Gasteiger partial charge in [0, 0.05) is 17.3 Å². The third-order valence-corrected chi connectivity index (χ3v) is 3.32. The zero-order valence-electron chi connectivity index (χ0n) is 13.7. The molecule has 132 valence electrons. The van der Waals surface area contributed by atoms with Gasteiger partial charge in [-0.25, -0.2) is 18.6 Å². The van der Waals surface area contributed by atoms with Gasteiger partial charge in [0.2, 0.25) is 0 Å². The van der Waals surface area contributed by atoms with Gasteiger partial charge >= 0.3 is 6.09 Å². The molecule has 0 atom stereocenters. The molecular weight excluding hydrogens is 354 g/mol. The fraction of sp³-hybridized carbons (Fsp3) is 0.235. The van der Waals surface area contributed by atoms with E-state index in [-0.39, 0.29) is 27.5 Å². The van der Waals surface area contributed by atoms with Crippen molar-refractivity contribution in [1.82, 2.24) is 4.98 Å². The zero-order chi connectivity index (χ0) is 18.8. The molecule has 25 heavy (non-hydrogen) atoms. The Balaban J connectivity index is 2.47. The van der Waals surface area contributed by atoms with E-state index in [0.717, 1.165) is 12.1 Å². The minimum absolute atomic E-state index is 0.0594. The Morgan fingerprint density at radius 1 is 1.24 bits per heavy atom. The summed E-state index contributed by atoms with van der Waals surface area (Å²) in [6.07, 6.45) is 0.810. The number of benzene rings is 1. The van der Waals surface area contributed by atoms with Crippen LogP contribution in [0.3, 0.4) is 0 Å². The molecule has 0 radical (unpaired) electrons. The number of ether oxygens (including phenoxy) is 1. The number of nitrogens with zero attached hydrogens (tertiary/aromatic N) is 1. The minimum Gasteiger partial charge on any atom is -0.444 e. The monoisotopic (exact) mass is 368 g/mol. The molecule has 1 heterocycles. The molecule has 2 rings (SSSR count). The average molecular weight is 369 g/mol. The Hall–Kier alpha value is -2.54. The van der Waals surface area contributed by atoms with Gasteiger partial charge in [0.05, 0.1) is 10.6 Å². The first-order valence-electron chi connectivity index (χ1n) is 7.21. The predicted molar refractivity (Wildman–Crippen MR) is 89.8 cm³/mol. The fourth-order valence-electron chi connectivity index (χ4n) is 2.06. The molecule has 0 bridgehead atoms. The molecule has 1 aromatic carbocycles. The summed E-state index contributed by atoms with van der Waals surface area (Å²) in [6.45, 7) is 5.01. The number of carbonyl (C=O) groups is 2. The van der Waals surface area contributed by atoms with Crippen LogP contribution in [-0.4, -0.2) is 23.0 Å². The molecule has 1 N–H and O–H groups in total. The summed E-state index contributed by atoms with van der Waals surface area (Å²) < 4.78 is 32.9. The number of hydrogen-bond acceptors (Lipinski definition) is 4. The largest absolute Gasteiger partial charge is 0.444 e. The molecule has 0 aliphatic heterocycles. The number of aldehydes is 1. The zero-order valence-corrected chi connectivity index (χ0v) is 14.4. The third-order valence-electron chi connectivity index (χ3n) is 3.03. The maximum absolute atomic E-state index is 14.1. The van der Waals surface area contributed by atoms with Gasteiger partial charge in [0.15, 0.2) is 6.29 Å². The van der Waals surface area contributed by atoms with Crippen LogP contribution in [0.5, 0.6) is 0 Å².